The van der Waals surface area contributed by atoms with Crippen LogP contribution in [0.2, 0.25) is 0 Å². The summed E-state index contributed by atoms with van der Waals surface area (Å²) in [5.41, 5.74) is -2.66. The van der Waals surface area contributed by atoms with Crippen molar-refractivity contribution in [3.8, 4) is 11.5 Å². The van der Waals surface area contributed by atoms with Crippen molar-refractivity contribution >= 4 is 23.6 Å². The molecule has 170 valence electrons. The molecular formula is C21H28N2O8. The van der Waals surface area contributed by atoms with Crippen LogP contribution in [0.3, 0.4) is 0 Å². The summed E-state index contributed by atoms with van der Waals surface area (Å²) in [6, 6.07) is 5.71. The predicted molar refractivity (Wildman–Crippen MR) is 109 cm³/mol. The zero-order chi connectivity index (χ0) is 22.9. The largest absolute Gasteiger partial charge is 0.479 e. The number of carbonyl (C=O) groups is 4. The second kappa shape index (κ2) is 11.3. The van der Waals surface area contributed by atoms with Crippen molar-refractivity contribution in [3.63, 3.8) is 0 Å². The van der Waals surface area contributed by atoms with Gasteiger partial charge in [0.25, 0.3) is 0 Å². The van der Waals surface area contributed by atoms with Crippen LogP contribution >= 0.6 is 0 Å². The molecule has 1 aromatic rings. The minimum atomic E-state index is -2.66. The summed E-state index contributed by atoms with van der Waals surface area (Å²) < 4.78 is 10.5. The quantitative estimate of drug-likeness (QED) is 0.280. The molecule has 0 aromatic heterocycles. The van der Waals surface area contributed by atoms with E-state index in [1.165, 1.54) is 24.3 Å². The highest BCUT2D eigenvalue weighted by Crippen LogP contribution is 2.30. The Morgan fingerprint density at radius 1 is 1.13 bits per heavy atom. The number of ketones is 1. The number of carbonyl (C=O) groups excluding carboxylic acids is 2. The van der Waals surface area contributed by atoms with Gasteiger partial charge in [0.1, 0.15) is 0 Å². The third-order valence-corrected chi connectivity index (χ3v) is 5.05. The summed E-state index contributed by atoms with van der Waals surface area (Å²) in [6.45, 7) is 2.19. The lowest BCUT2D eigenvalue weighted by atomic mass is 9.92. The second-order valence-corrected chi connectivity index (χ2v) is 7.41. The fraction of sp³-hybridized carbons (Fsp3) is 0.524. The lowest BCUT2D eigenvalue weighted by molar-refractivity contribution is -0.167. The highest BCUT2D eigenvalue weighted by molar-refractivity contribution is 6.08. The number of hydrogen-bond donors (Lipinski definition) is 4. The molecule has 10 nitrogen and oxygen atoms in total. The van der Waals surface area contributed by atoms with E-state index >= 15 is 0 Å². The van der Waals surface area contributed by atoms with Crippen LogP contribution < -0.4 is 20.1 Å². The summed E-state index contributed by atoms with van der Waals surface area (Å²) in [7, 11) is 0. The Kier molecular flexibility index (Phi) is 8.80. The van der Waals surface area contributed by atoms with Crippen LogP contribution in [0.4, 0.5) is 0 Å². The smallest absolute Gasteiger partial charge is 0.378 e. The maximum absolute atomic E-state index is 12.5. The van der Waals surface area contributed by atoms with Gasteiger partial charge in [-0.25, -0.2) is 9.59 Å². The monoisotopic (exact) mass is 436 g/mol. The molecule has 0 bridgehead atoms. The molecule has 1 amide bonds. The van der Waals surface area contributed by atoms with E-state index in [4.69, 9.17) is 14.6 Å². The Morgan fingerprint density at radius 2 is 1.77 bits per heavy atom. The molecule has 0 radical (unpaired) electrons. The van der Waals surface area contributed by atoms with Gasteiger partial charge < -0.3 is 30.3 Å². The number of rotatable bonds is 12. The summed E-state index contributed by atoms with van der Waals surface area (Å²) in [4.78, 5) is 47.5. The Labute approximate surface area is 179 Å². The molecule has 1 aliphatic rings. The van der Waals surface area contributed by atoms with Gasteiger partial charge in [-0.1, -0.05) is 12.1 Å². The van der Waals surface area contributed by atoms with Crippen molar-refractivity contribution in [3.05, 3.63) is 24.3 Å². The van der Waals surface area contributed by atoms with Gasteiger partial charge in [0.2, 0.25) is 11.7 Å². The van der Waals surface area contributed by atoms with E-state index in [0.717, 1.165) is 39.3 Å². The van der Waals surface area contributed by atoms with Crippen molar-refractivity contribution in [2.24, 2.45) is 5.92 Å². The Morgan fingerprint density at radius 3 is 2.35 bits per heavy atom. The number of piperidine rings is 1. The van der Waals surface area contributed by atoms with E-state index in [0.29, 0.717) is 12.3 Å². The number of para-hydroxylation sites is 2. The first-order chi connectivity index (χ1) is 14.7. The van der Waals surface area contributed by atoms with Crippen molar-refractivity contribution in [1.29, 1.82) is 0 Å². The third kappa shape index (κ3) is 6.95. The van der Waals surface area contributed by atoms with Gasteiger partial charge in [-0.3, -0.25) is 9.59 Å². The first-order valence-corrected chi connectivity index (χ1v) is 10.1. The molecule has 31 heavy (non-hydrogen) atoms. The number of carboxylic acid groups (broad SMARTS) is 2. The minimum Gasteiger partial charge on any atom is -0.479 e. The molecule has 1 heterocycles. The molecule has 0 saturated carbocycles. The number of ether oxygens (including phenoxy) is 2. The maximum Gasteiger partial charge on any atom is 0.378 e. The maximum atomic E-state index is 12.5. The summed E-state index contributed by atoms with van der Waals surface area (Å²) in [6.07, 6.45) is 3.51. The Bertz CT molecular complexity index is 790. The molecule has 1 fully saturated rings. The Hall–Kier alpha value is -3.14. The molecule has 4 N–H and O–H groups in total. The van der Waals surface area contributed by atoms with Gasteiger partial charge in [-0.05, 0) is 56.8 Å². The summed E-state index contributed by atoms with van der Waals surface area (Å²) >= 11 is 0. The van der Waals surface area contributed by atoms with E-state index < -0.39 is 36.0 Å². The molecule has 0 spiro atoms. The van der Waals surface area contributed by atoms with Crippen molar-refractivity contribution in [1.82, 2.24) is 10.6 Å². The fourth-order valence-electron chi connectivity index (χ4n) is 3.37. The standard InChI is InChI=1S/C21H28N2O8/c1-14(24)21(20(28)29,23-18(25)8-4-5-15-9-11-22-12-10-15)31-17-7-3-2-6-16(17)30-13-19(26)27/h2-3,6-7,15,22H,4-5,8-13H2,1H3,(H,23,25)(H,26,27)(H,28,29). The van der Waals surface area contributed by atoms with Crippen LogP contribution in [0.5, 0.6) is 11.5 Å². The molecule has 0 aliphatic carbocycles. The van der Waals surface area contributed by atoms with Gasteiger partial charge in [0.15, 0.2) is 18.1 Å². The predicted octanol–water partition coefficient (Wildman–Crippen LogP) is 1.18. The highest BCUT2D eigenvalue weighted by atomic mass is 16.6. The molecule has 1 saturated heterocycles. The Balaban J connectivity index is 2.10. The average Bonchev–Trinajstić information content (AvgIpc) is 2.73. The van der Waals surface area contributed by atoms with E-state index in [1.807, 2.05) is 0 Å². The fourth-order valence-corrected chi connectivity index (χ4v) is 3.37. The van der Waals surface area contributed by atoms with Gasteiger partial charge in [-0.2, -0.15) is 0 Å². The number of carboxylic acids is 2. The van der Waals surface area contributed by atoms with Crippen LogP contribution in [0.15, 0.2) is 24.3 Å². The first kappa shape index (κ1) is 24.1. The topological polar surface area (TPSA) is 151 Å². The molecule has 2 rings (SSSR count). The third-order valence-electron chi connectivity index (χ3n) is 5.05. The number of hydrogen-bond acceptors (Lipinski definition) is 7. The number of aliphatic carboxylic acids is 2. The van der Waals surface area contributed by atoms with Crippen molar-refractivity contribution in [2.75, 3.05) is 19.7 Å². The van der Waals surface area contributed by atoms with Gasteiger partial charge >= 0.3 is 17.7 Å². The molecule has 1 aliphatic heterocycles. The number of nitrogens with one attached hydrogen (secondary N) is 2. The van der Waals surface area contributed by atoms with Crippen molar-refractivity contribution < 1.29 is 38.9 Å². The van der Waals surface area contributed by atoms with Crippen molar-refractivity contribution in [2.45, 2.75) is 44.8 Å². The average molecular weight is 436 g/mol. The summed E-state index contributed by atoms with van der Waals surface area (Å²) in [5, 5.41) is 24.0. The van der Waals surface area contributed by atoms with E-state index in [2.05, 4.69) is 10.6 Å². The van der Waals surface area contributed by atoms with E-state index in [9.17, 15) is 24.3 Å². The molecular weight excluding hydrogens is 408 g/mol. The number of Topliss-reactive ketones (excluding diaryl/α,β-unsaturated/α-hetero) is 1. The lowest BCUT2D eigenvalue weighted by Gasteiger charge is -2.29. The molecule has 1 atom stereocenters. The minimum absolute atomic E-state index is 0.0484. The van der Waals surface area contributed by atoms with Gasteiger partial charge in [0.05, 0.1) is 0 Å². The van der Waals surface area contributed by atoms with Crippen LogP contribution in [-0.4, -0.2) is 59.3 Å². The highest BCUT2D eigenvalue weighted by Gasteiger charge is 2.48. The zero-order valence-electron chi connectivity index (χ0n) is 17.4. The SMILES string of the molecule is CC(=O)C(NC(=O)CCCC1CCNCC1)(Oc1ccccc1OCC(=O)O)C(=O)O. The van der Waals surface area contributed by atoms with Gasteiger partial charge in [0, 0.05) is 13.3 Å². The van der Waals surface area contributed by atoms with Crippen LogP contribution in [-0.2, 0) is 19.2 Å². The molecule has 10 heteroatoms. The first-order valence-electron chi connectivity index (χ1n) is 10.1. The molecule has 1 aromatic carbocycles. The van der Waals surface area contributed by atoms with Crippen LogP contribution in [0.25, 0.3) is 0 Å². The zero-order valence-corrected chi connectivity index (χ0v) is 17.4. The second-order valence-electron chi connectivity index (χ2n) is 7.41. The molecule has 1 unspecified atom stereocenters. The van der Waals surface area contributed by atoms with Crippen LogP contribution in [0.1, 0.15) is 39.0 Å². The summed E-state index contributed by atoms with van der Waals surface area (Å²) in [5.74, 6) is -4.25. The number of benzene rings is 1. The number of amides is 1. The normalized spacial score (nSPS) is 16.0. The van der Waals surface area contributed by atoms with Crippen LogP contribution in [0, 0.1) is 5.92 Å². The van der Waals surface area contributed by atoms with E-state index in [1.54, 1.807) is 0 Å². The van der Waals surface area contributed by atoms with Gasteiger partial charge in [-0.15, -0.1) is 0 Å². The van der Waals surface area contributed by atoms with E-state index in [-0.39, 0.29) is 17.9 Å². The lowest BCUT2D eigenvalue weighted by Crippen LogP contribution is -2.63.